The average Bonchev–Trinajstić information content (AvgIpc) is 2.56. The van der Waals surface area contributed by atoms with Crippen molar-refractivity contribution in [3.8, 4) is 11.1 Å². The van der Waals surface area contributed by atoms with Crippen molar-refractivity contribution >= 4 is 5.91 Å². The van der Waals surface area contributed by atoms with Crippen molar-refractivity contribution in [2.75, 3.05) is 6.54 Å². The maximum Gasteiger partial charge on any atom is 0.237 e. The van der Waals surface area contributed by atoms with E-state index < -0.39 is 6.04 Å². The first kappa shape index (κ1) is 16.2. The van der Waals surface area contributed by atoms with Gasteiger partial charge < -0.3 is 11.1 Å². The first-order valence-electron chi connectivity index (χ1n) is 7.88. The van der Waals surface area contributed by atoms with Gasteiger partial charge in [-0.2, -0.15) is 0 Å². The fraction of sp³-hybridized carbons (Fsp3) is 0.316. The number of hydrogen-bond donors (Lipinski definition) is 2. The Bertz CT molecular complexity index is 578. The minimum atomic E-state index is -0.487. The second-order valence-electron chi connectivity index (χ2n) is 5.52. The quantitative estimate of drug-likeness (QED) is 0.771. The molecule has 0 aliphatic rings. The van der Waals surface area contributed by atoms with E-state index in [0.29, 0.717) is 13.0 Å². The number of carbonyl (C=O) groups is 1. The molecule has 116 valence electrons. The molecule has 1 amide bonds. The van der Waals surface area contributed by atoms with Gasteiger partial charge >= 0.3 is 0 Å². The molecule has 1 unspecified atom stereocenters. The second-order valence-corrected chi connectivity index (χ2v) is 5.52. The third-order valence-electron chi connectivity index (χ3n) is 3.68. The molecule has 2 aromatic rings. The maximum absolute atomic E-state index is 11.9. The van der Waals surface area contributed by atoms with Crippen molar-refractivity contribution in [1.29, 1.82) is 0 Å². The van der Waals surface area contributed by atoms with Gasteiger partial charge in [-0.25, -0.2) is 0 Å². The third-order valence-corrected chi connectivity index (χ3v) is 3.68. The predicted octanol–water partition coefficient (Wildman–Crippen LogP) is 3.14. The number of nitrogens with one attached hydrogen (secondary N) is 1. The van der Waals surface area contributed by atoms with Crippen molar-refractivity contribution < 1.29 is 4.79 Å². The van der Waals surface area contributed by atoms with Crippen LogP contribution in [0.15, 0.2) is 54.6 Å². The lowest BCUT2D eigenvalue weighted by atomic mass is 10.0. The highest BCUT2D eigenvalue weighted by Crippen LogP contribution is 2.19. The summed E-state index contributed by atoms with van der Waals surface area (Å²) in [6.45, 7) is 2.80. The summed E-state index contributed by atoms with van der Waals surface area (Å²) in [6, 6.07) is 18.0. The summed E-state index contributed by atoms with van der Waals surface area (Å²) >= 11 is 0. The van der Waals surface area contributed by atoms with Crippen LogP contribution in [0.3, 0.4) is 0 Å². The number of amides is 1. The molecule has 0 aliphatic heterocycles. The Morgan fingerprint density at radius 2 is 1.68 bits per heavy atom. The lowest BCUT2D eigenvalue weighted by Gasteiger charge is -2.12. The molecular formula is C19H24N2O. The van der Waals surface area contributed by atoms with Gasteiger partial charge in [-0.3, -0.25) is 4.79 Å². The fourth-order valence-electron chi connectivity index (χ4n) is 2.33. The molecule has 0 saturated heterocycles. The summed E-state index contributed by atoms with van der Waals surface area (Å²) in [5.41, 5.74) is 9.41. The van der Waals surface area contributed by atoms with Crippen LogP contribution < -0.4 is 11.1 Å². The van der Waals surface area contributed by atoms with Crippen LogP contribution in [0.5, 0.6) is 0 Å². The Kier molecular flexibility index (Phi) is 6.16. The molecule has 0 bridgehead atoms. The first-order valence-corrected chi connectivity index (χ1v) is 7.88. The molecule has 0 spiro atoms. The molecule has 0 heterocycles. The second kappa shape index (κ2) is 8.35. The van der Waals surface area contributed by atoms with Crippen molar-refractivity contribution in [2.24, 2.45) is 5.73 Å². The van der Waals surface area contributed by atoms with E-state index in [4.69, 9.17) is 5.73 Å². The Morgan fingerprint density at radius 1 is 1.05 bits per heavy atom. The van der Waals surface area contributed by atoms with Crippen LogP contribution in [0.2, 0.25) is 0 Å². The topological polar surface area (TPSA) is 55.1 Å². The summed E-state index contributed by atoms with van der Waals surface area (Å²) in [4.78, 5) is 11.9. The van der Waals surface area contributed by atoms with Gasteiger partial charge in [0, 0.05) is 6.54 Å². The van der Waals surface area contributed by atoms with E-state index in [1.54, 1.807) is 0 Å². The highest BCUT2D eigenvalue weighted by atomic mass is 16.2. The van der Waals surface area contributed by atoms with Gasteiger partial charge in [-0.15, -0.1) is 0 Å². The molecule has 3 nitrogen and oxygen atoms in total. The van der Waals surface area contributed by atoms with Crippen molar-refractivity contribution in [2.45, 2.75) is 32.2 Å². The largest absolute Gasteiger partial charge is 0.355 e. The Labute approximate surface area is 132 Å². The zero-order chi connectivity index (χ0) is 15.8. The van der Waals surface area contributed by atoms with E-state index >= 15 is 0 Å². The number of hydrogen-bond acceptors (Lipinski definition) is 2. The summed E-state index contributed by atoms with van der Waals surface area (Å²) in [5, 5.41) is 2.88. The monoisotopic (exact) mass is 296 g/mol. The number of nitrogens with two attached hydrogens (primary N) is 1. The van der Waals surface area contributed by atoms with E-state index in [1.165, 1.54) is 11.1 Å². The Balaban J connectivity index is 1.92. The summed E-state index contributed by atoms with van der Waals surface area (Å²) < 4.78 is 0. The van der Waals surface area contributed by atoms with E-state index in [-0.39, 0.29) is 5.91 Å². The molecule has 2 aromatic carbocycles. The van der Waals surface area contributed by atoms with Crippen LogP contribution in [0, 0.1) is 0 Å². The highest BCUT2D eigenvalue weighted by Gasteiger charge is 2.13. The summed E-state index contributed by atoms with van der Waals surface area (Å²) in [7, 11) is 0. The van der Waals surface area contributed by atoms with Crippen LogP contribution >= 0.6 is 0 Å². The molecule has 22 heavy (non-hydrogen) atoms. The van der Waals surface area contributed by atoms with Crippen LogP contribution in [0.1, 0.15) is 25.3 Å². The lowest BCUT2D eigenvalue weighted by molar-refractivity contribution is -0.122. The zero-order valence-corrected chi connectivity index (χ0v) is 13.1. The zero-order valence-electron chi connectivity index (χ0n) is 13.1. The smallest absolute Gasteiger partial charge is 0.237 e. The fourth-order valence-corrected chi connectivity index (χ4v) is 2.33. The summed E-state index contributed by atoms with van der Waals surface area (Å²) in [6.07, 6.45) is 2.62. The van der Waals surface area contributed by atoms with E-state index in [0.717, 1.165) is 18.4 Å². The lowest BCUT2D eigenvalue weighted by Crippen LogP contribution is -2.42. The van der Waals surface area contributed by atoms with Crippen LogP contribution in [0.25, 0.3) is 11.1 Å². The van der Waals surface area contributed by atoms with Crippen LogP contribution in [-0.4, -0.2) is 18.5 Å². The van der Waals surface area contributed by atoms with Gasteiger partial charge in [0.15, 0.2) is 0 Å². The van der Waals surface area contributed by atoms with Crippen molar-refractivity contribution in [3.63, 3.8) is 0 Å². The number of carbonyl (C=O) groups excluding carboxylic acids is 1. The van der Waals surface area contributed by atoms with Gasteiger partial charge in [0.1, 0.15) is 0 Å². The number of benzene rings is 2. The molecule has 0 radical (unpaired) electrons. The molecule has 3 N–H and O–H groups in total. The first-order chi connectivity index (χ1) is 10.7. The SMILES string of the molecule is CCCCNC(=O)C(N)Cc1ccc(-c2ccccc2)cc1. The van der Waals surface area contributed by atoms with Crippen molar-refractivity contribution in [1.82, 2.24) is 5.32 Å². The molecule has 0 aromatic heterocycles. The molecule has 1 atom stereocenters. The molecular weight excluding hydrogens is 272 g/mol. The number of unbranched alkanes of at least 4 members (excludes halogenated alkanes) is 1. The predicted molar refractivity (Wildman–Crippen MR) is 91.5 cm³/mol. The Hall–Kier alpha value is -2.13. The van der Waals surface area contributed by atoms with Crippen LogP contribution in [-0.2, 0) is 11.2 Å². The minimum absolute atomic E-state index is 0.0689. The van der Waals surface area contributed by atoms with Gasteiger partial charge in [-0.1, -0.05) is 67.9 Å². The molecule has 0 fully saturated rings. The van der Waals surface area contributed by atoms with E-state index in [1.807, 2.05) is 30.3 Å². The molecule has 3 heteroatoms. The number of rotatable bonds is 7. The van der Waals surface area contributed by atoms with Gasteiger partial charge in [0.25, 0.3) is 0 Å². The maximum atomic E-state index is 11.9. The molecule has 0 saturated carbocycles. The van der Waals surface area contributed by atoms with E-state index in [2.05, 4.69) is 36.5 Å². The van der Waals surface area contributed by atoms with Gasteiger partial charge in [0.2, 0.25) is 5.91 Å². The van der Waals surface area contributed by atoms with Gasteiger partial charge in [-0.05, 0) is 29.5 Å². The van der Waals surface area contributed by atoms with Crippen molar-refractivity contribution in [3.05, 3.63) is 60.2 Å². The standard InChI is InChI=1S/C19H24N2O/c1-2-3-13-21-19(22)18(20)14-15-9-11-17(12-10-15)16-7-5-4-6-8-16/h4-12,18H,2-3,13-14,20H2,1H3,(H,21,22). The van der Waals surface area contributed by atoms with Gasteiger partial charge in [0.05, 0.1) is 6.04 Å². The average molecular weight is 296 g/mol. The minimum Gasteiger partial charge on any atom is -0.355 e. The molecule has 0 aliphatic carbocycles. The summed E-state index contributed by atoms with van der Waals surface area (Å²) in [5.74, 6) is -0.0689. The van der Waals surface area contributed by atoms with Crippen LogP contribution in [0.4, 0.5) is 0 Å². The van der Waals surface area contributed by atoms with E-state index in [9.17, 15) is 4.79 Å². The third kappa shape index (κ3) is 4.71. The normalized spacial score (nSPS) is 11.9. The highest BCUT2D eigenvalue weighted by molar-refractivity contribution is 5.81. The molecule has 2 rings (SSSR count). The Morgan fingerprint density at radius 3 is 2.32 bits per heavy atom.